The number of nitrogens with zero attached hydrogens (tertiary/aromatic N) is 1. The molecule has 2 saturated heterocycles. The van der Waals surface area contributed by atoms with Crippen molar-refractivity contribution in [2.24, 2.45) is 5.92 Å². The maximum atomic E-state index is 11.6. The molecule has 86 valence electrons. The molecule has 2 aliphatic rings. The summed E-state index contributed by atoms with van der Waals surface area (Å²) in [7, 11) is 1.87. The van der Waals surface area contributed by atoms with Crippen LogP contribution in [0.5, 0.6) is 0 Å². The smallest absolute Gasteiger partial charge is 0.239 e. The highest BCUT2D eigenvalue weighted by molar-refractivity contribution is 5.83. The summed E-state index contributed by atoms with van der Waals surface area (Å²) in [6.07, 6.45) is 3.33. The normalized spacial score (nSPS) is 32.3. The first kappa shape index (κ1) is 10.9. The number of rotatable bonds is 3. The summed E-state index contributed by atoms with van der Waals surface area (Å²) < 4.78 is 5.41. The molecule has 0 spiro atoms. The van der Waals surface area contributed by atoms with Crippen molar-refractivity contribution in [1.29, 1.82) is 0 Å². The van der Waals surface area contributed by atoms with E-state index >= 15 is 0 Å². The zero-order chi connectivity index (χ0) is 10.7. The summed E-state index contributed by atoms with van der Waals surface area (Å²) in [6, 6.07) is 0.0527. The Morgan fingerprint density at radius 1 is 1.53 bits per heavy atom. The molecule has 4 nitrogen and oxygen atoms in total. The summed E-state index contributed by atoms with van der Waals surface area (Å²) in [5.41, 5.74) is 0. The molecular weight excluding hydrogens is 192 g/mol. The Balaban J connectivity index is 1.71. The highest BCUT2D eigenvalue weighted by Crippen LogP contribution is 2.14. The largest absolute Gasteiger partial charge is 0.381 e. The Kier molecular flexibility index (Phi) is 3.59. The molecule has 0 aromatic carbocycles. The minimum Gasteiger partial charge on any atom is -0.381 e. The van der Waals surface area contributed by atoms with Gasteiger partial charge in [-0.15, -0.1) is 0 Å². The van der Waals surface area contributed by atoms with Gasteiger partial charge in [-0.2, -0.15) is 0 Å². The molecule has 0 aliphatic carbocycles. The molecule has 2 unspecified atom stereocenters. The van der Waals surface area contributed by atoms with Gasteiger partial charge in [-0.1, -0.05) is 0 Å². The second-order valence-corrected chi connectivity index (χ2v) is 4.59. The van der Waals surface area contributed by atoms with Crippen molar-refractivity contribution in [2.45, 2.75) is 25.3 Å². The zero-order valence-electron chi connectivity index (χ0n) is 9.37. The lowest BCUT2D eigenvalue weighted by atomic mass is 10.0. The summed E-state index contributed by atoms with van der Waals surface area (Å²) in [5, 5.41) is 3.36. The second kappa shape index (κ2) is 4.94. The van der Waals surface area contributed by atoms with Gasteiger partial charge in [-0.25, -0.2) is 0 Å². The number of hydrogen-bond donors (Lipinski definition) is 1. The first-order valence-electron chi connectivity index (χ1n) is 5.83. The van der Waals surface area contributed by atoms with Crippen LogP contribution in [-0.4, -0.2) is 50.2 Å². The van der Waals surface area contributed by atoms with Crippen LogP contribution in [0.2, 0.25) is 0 Å². The van der Waals surface area contributed by atoms with Gasteiger partial charge in [0, 0.05) is 26.7 Å². The lowest BCUT2D eigenvalue weighted by Crippen LogP contribution is -2.40. The van der Waals surface area contributed by atoms with Gasteiger partial charge in [0.15, 0.2) is 0 Å². The summed E-state index contributed by atoms with van der Waals surface area (Å²) in [6.45, 7) is 3.56. The fourth-order valence-corrected chi connectivity index (χ4v) is 2.29. The van der Waals surface area contributed by atoms with Gasteiger partial charge in [0.1, 0.15) is 0 Å². The predicted octanol–water partition coefficient (Wildman–Crippen LogP) is 0.233. The van der Waals surface area contributed by atoms with Crippen LogP contribution in [0.25, 0.3) is 0 Å². The van der Waals surface area contributed by atoms with Crippen molar-refractivity contribution in [1.82, 2.24) is 10.2 Å². The molecule has 1 N–H and O–H groups in total. The van der Waals surface area contributed by atoms with Crippen LogP contribution in [0, 0.1) is 5.92 Å². The zero-order valence-corrected chi connectivity index (χ0v) is 9.37. The van der Waals surface area contributed by atoms with Crippen molar-refractivity contribution < 1.29 is 9.53 Å². The highest BCUT2D eigenvalue weighted by atomic mass is 16.5. The molecule has 15 heavy (non-hydrogen) atoms. The fraction of sp³-hybridized carbons (Fsp3) is 0.909. The monoisotopic (exact) mass is 212 g/mol. The number of carbonyl (C=O) groups excluding carboxylic acids is 1. The number of nitrogens with one attached hydrogen (secondary N) is 1. The quantitative estimate of drug-likeness (QED) is 0.728. The second-order valence-electron chi connectivity index (χ2n) is 4.59. The highest BCUT2D eigenvalue weighted by Gasteiger charge is 2.29. The van der Waals surface area contributed by atoms with Crippen LogP contribution in [0.15, 0.2) is 0 Å². The van der Waals surface area contributed by atoms with E-state index in [2.05, 4.69) is 5.32 Å². The van der Waals surface area contributed by atoms with Crippen molar-refractivity contribution in [3.63, 3.8) is 0 Å². The molecule has 2 rings (SSSR count). The Morgan fingerprint density at radius 2 is 2.40 bits per heavy atom. The van der Waals surface area contributed by atoms with Gasteiger partial charge < -0.3 is 15.0 Å². The van der Waals surface area contributed by atoms with E-state index in [1.165, 1.54) is 6.42 Å². The molecule has 4 heteroatoms. The SMILES string of the molecule is CN1CCC(NCC2CCCOC2)C1=O. The molecular formula is C11H20N2O2. The minimum absolute atomic E-state index is 0.0527. The molecule has 0 aromatic heterocycles. The van der Waals surface area contributed by atoms with Crippen molar-refractivity contribution in [3.8, 4) is 0 Å². The average Bonchev–Trinajstić information content (AvgIpc) is 2.59. The summed E-state index contributed by atoms with van der Waals surface area (Å²) in [4.78, 5) is 13.4. The van der Waals surface area contributed by atoms with Crippen LogP contribution in [-0.2, 0) is 9.53 Å². The lowest BCUT2D eigenvalue weighted by molar-refractivity contribution is -0.128. The number of carbonyl (C=O) groups is 1. The van der Waals surface area contributed by atoms with E-state index in [0.717, 1.165) is 39.1 Å². The van der Waals surface area contributed by atoms with Gasteiger partial charge >= 0.3 is 0 Å². The number of hydrogen-bond acceptors (Lipinski definition) is 3. The van der Waals surface area contributed by atoms with Crippen LogP contribution in [0.4, 0.5) is 0 Å². The van der Waals surface area contributed by atoms with Gasteiger partial charge in [-0.3, -0.25) is 4.79 Å². The molecule has 1 amide bonds. The third-order valence-corrected chi connectivity index (χ3v) is 3.34. The standard InChI is InChI=1S/C11H20N2O2/c1-13-5-4-10(11(13)14)12-7-9-3-2-6-15-8-9/h9-10,12H,2-8H2,1H3. The average molecular weight is 212 g/mol. The Labute approximate surface area is 91.0 Å². The first-order chi connectivity index (χ1) is 7.27. The van der Waals surface area contributed by atoms with Gasteiger partial charge in [0.25, 0.3) is 0 Å². The number of likely N-dealkylation sites (N-methyl/N-ethyl adjacent to an activating group) is 1. The molecule has 0 aromatic rings. The third-order valence-electron chi connectivity index (χ3n) is 3.34. The molecule has 2 heterocycles. The van der Waals surface area contributed by atoms with Crippen molar-refractivity contribution in [3.05, 3.63) is 0 Å². The van der Waals surface area contributed by atoms with E-state index in [1.807, 2.05) is 7.05 Å². The maximum Gasteiger partial charge on any atom is 0.239 e. The fourth-order valence-electron chi connectivity index (χ4n) is 2.29. The lowest BCUT2D eigenvalue weighted by Gasteiger charge is -2.23. The Hall–Kier alpha value is -0.610. The van der Waals surface area contributed by atoms with E-state index in [1.54, 1.807) is 4.90 Å². The number of amides is 1. The minimum atomic E-state index is 0.0527. The van der Waals surface area contributed by atoms with Gasteiger partial charge in [0.05, 0.1) is 12.6 Å². The summed E-state index contributed by atoms with van der Waals surface area (Å²) >= 11 is 0. The van der Waals surface area contributed by atoms with Gasteiger partial charge in [0.2, 0.25) is 5.91 Å². The third kappa shape index (κ3) is 2.69. The molecule has 2 fully saturated rings. The van der Waals surface area contributed by atoms with Crippen molar-refractivity contribution >= 4 is 5.91 Å². The van der Waals surface area contributed by atoms with E-state index < -0.39 is 0 Å². The van der Waals surface area contributed by atoms with E-state index in [4.69, 9.17) is 4.74 Å². The van der Waals surface area contributed by atoms with E-state index in [0.29, 0.717) is 5.92 Å². The molecule has 2 aliphatic heterocycles. The maximum absolute atomic E-state index is 11.6. The van der Waals surface area contributed by atoms with Crippen LogP contribution in [0.3, 0.4) is 0 Å². The Morgan fingerprint density at radius 3 is 3.00 bits per heavy atom. The summed E-state index contributed by atoms with van der Waals surface area (Å²) in [5.74, 6) is 0.837. The topological polar surface area (TPSA) is 41.6 Å². The van der Waals surface area contributed by atoms with E-state index in [-0.39, 0.29) is 11.9 Å². The number of likely N-dealkylation sites (tertiary alicyclic amines) is 1. The predicted molar refractivity (Wildman–Crippen MR) is 57.6 cm³/mol. The number of ether oxygens (including phenoxy) is 1. The molecule has 0 radical (unpaired) electrons. The van der Waals surface area contributed by atoms with Crippen LogP contribution >= 0.6 is 0 Å². The molecule has 2 atom stereocenters. The Bertz CT molecular complexity index is 227. The van der Waals surface area contributed by atoms with Crippen molar-refractivity contribution in [2.75, 3.05) is 33.4 Å². The van der Waals surface area contributed by atoms with E-state index in [9.17, 15) is 4.79 Å². The van der Waals surface area contributed by atoms with Gasteiger partial charge in [-0.05, 0) is 25.2 Å². The van der Waals surface area contributed by atoms with Crippen LogP contribution in [0.1, 0.15) is 19.3 Å². The first-order valence-corrected chi connectivity index (χ1v) is 5.83. The molecule has 0 saturated carbocycles. The molecule has 0 bridgehead atoms. The van der Waals surface area contributed by atoms with Crippen LogP contribution < -0.4 is 5.32 Å².